The molecule has 0 heterocycles. The number of unbranched alkanes of at least 4 members (excludes halogenated alkanes) is 1. The summed E-state index contributed by atoms with van der Waals surface area (Å²) in [5.74, 6) is -0.114. The number of nitrogens with one attached hydrogen (secondary N) is 1. The average Bonchev–Trinajstić information content (AvgIpc) is 2.60. The molecule has 0 aliphatic carbocycles. The Labute approximate surface area is 149 Å². The maximum Gasteiger partial charge on any atom is 0.261 e. The van der Waals surface area contributed by atoms with E-state index in [1.807, 2.05) is 12.1 Å². The summed E-state index contributed by atoms with van der Waals surface area (Å²) in [6.07, 6.45) is 3.24. The Bertz CT molecular complexity index is 813. The Morgan fingerprint density at radius 3 is 2.16 bits per heavy atom. The quantitative estimate of drug-likeness (QED) is 0.816. The molecule has 1 amide bonds. The summed E-state index contributed by atoms with van der Waals surface area (Å²) >= 11 is 0. The third kappa shape index (κ3) is 5.06. The largest absolute Gasteiger partial charge is 0.316 e. The van der Waals surface area contributed by atoms with Crippen molar-refractivity contribution in [1.82, 2.24) is 0 Å². The molecule has 0 saturated carbocycles. The minimum Gasteiger partial charge on any atom is -0.316 e. The standard InChI is InChI=1S/C19H24N2O3S/c1-4-5-6-16-7-9-17(10-8-16)20-25(23,24)19-13-11-18(12-14-19)21(3)15(2)22/h7-14,20H,4-6H2,1-3H3. The van der Waals surface area contributed by atoms with E-state index in [1.54, 1.807) is 31.3 Å². The number of anilines is 2. The zero-order valence-corrected chi connectivity index (χ0v) is 15.6. The number of hydrogen-bond donors (Lipinski definition) is 1. The maximum atomic E-state index is 12.5. The summed E-state index contributed by atoms with van der Waals surface area (Å²) in [6, 6.07) is 13.7. The van der Waals surface area contributed by atoms with E-state index in [1.165, 1.54) is 29.5 Å². The molecule has 0 spiro atoms. The molecule has 0 radical (unpaired) electrons. The lowest BCUT2D eigenvalue weighted by molar-refractivity contribution is -0.116. The SMILES string of the molecule is CCCCc1ccc(NS(=O)(=O)c2ccc(N(C)C(C)=O)cc2)cc1. The van der Waals surface area contributed by atoms with Crippen LogP contribution in [0.5, 0.6) is 0 Å². The monoisotopic (exact) mass is 360 g/mol. The van der Waals surface area contributed by atoms with Crippen molar-refractivity contribution in [2.75, 3.05) is 16.7 Å². The molecule has 0 aliphatic rings. The lowest BCUT2D eigenvalue weighted by Gasteiger charge is -2.15. The second-order valence-electron chi connectivity index (χ2n) is 5.98. The van der Waals surface area contributed by atoms with Crippen molar-refractivity contribution in [3.8, 4) is 0 Å². The molecular weight excluding hydrogens is 336 g/mol. The van der Waals surface area contributed by atoms with E-state index in [0.29, 0.717) is 11.4 Å². The van der Waals surface area contributed by atoms with Crippen LogP contribution in [0.4, 0.5) is 11.4 Å². The van der Waals surface area contributed by atoms with E-state index in [4.69, 9.17) is 0 Å². The number of rotatable bonds is 7. The second-order valence-corrected chi connectivity index (χ2v) is 7.66. The van der Waals surface area contributed by atoms with Crippen molar-refractivity contribution in [2.24, 2.45) is 0 Å². The number of hydrogen-bond acceptors (Lipinski definition) is 3. The fourth-order valence-electron chi connectivity index (χ4n) is 2.37. The molecule has 2 aromatic carbocycles. The fourth-order valence-corrected chi connectivity index (χ4v) is 3.42. The van der Waals surface area contributed by atoms with Crippen LogP contribution in [-0.2, 0) is 21.2 Å². The normalized spacial score (nSPS) is 11.2. The average molecular weight is 360 g/mol. The van der Waals surface area contributed by atoms with E-state index < -0.39 is 10.0 Å². The Hall–Kier alpha value is -2.34. The summed E-state index contributed by atoms with van der Waals surface area (Å²) in [5, 5.41) is 0. The van der Waals surface area contributed by atoms with Crippen LogP contribution < -0.4 is 9.62 Å². The zero-order chi connectivity index (χ0) is 18.4. The maximum absolute atomic E-state index is 12.5. The summed E-state index contributed by atoms with van der Waals surface area (Å²) in [4.78, 5) is 13.0. The topological polar surface area (TPSA) is 66.5 Å². The summed E-state index contributed by atoms with van der Waals surface area (Å²) < 4.78 is 27.5. The zero-order valence-electron chi connectivity index (χ0n) is 14.8. The van der Waals surface area contributed by atoms with E-state index in [9.17, 15) is 13.2 Å². The molecule has 134 valence electrons. The molecule has 0 fully saturated rings. The molecule has 25 heavy (non-hydrogen) atoms. The van der Waals surface area contributed by atoms with Gasteiger partial charge in [-0.15, -0.1) is 0 Å². The second kappa shape index (κ2) is 8.16. The summed E-state index contributed by atoms with van der Waals surface area (Å²) in [5.41, 5.74) is 2.37. The van der Waals surface area contributed by atoms with Crippen molar-refractivity contribution in [1.29, 1.82) is 0 Å². The minimum atomic E-state index is -3.66. The first-order chi connectivity index (χ1) is 11.8. The van der Waals surface area contributed by atoms with E-state index >= 15 is 0 Å². The third-order valence-electron chi connectivity index (χ3n) is 4.03. The van der Waals surface area contributed by atoms with Crippen LogP contribution in [0.1, 0.15) is 32.3 Å². The van der Waals surface area contributed by atoms with Gasteiger partial charge in [0.05, 0.1) is 4.90 Å². The highest BCUT2D eigenvalue weighted by molar-refractivity contribution is 7.92. The van der Waals surface area contributed by atoms with Crippen LogP contribution in [0.25, 0.3) is 0 Å². The number of sulfonamides is 1. The van der Waals surface area contributed by atoms with Crippen molar-refractivity contribution in [3.05, 3.63) is 54.1 Å². The van der Waals surface area contributed by atoms with Gasteiger partial charge in [-0.3, -0.25) is 9.52 Å². The smallest absolute Gasteiger partial charge is 0.261 e. The van der Waals surface area contributed by atoms with Gasteiger partial charge in [-0.2, -0.15) is 0 Å². The van der Waals surface area contributed by atoms with Gasteiger partial charge in [-0.1, -0.05) is 25.5 Å². The van der Waals surface area contributed by atoms with Crippen molar-refractivity contribution >= 4 is 27.3 Å². The van der Waals surface area contributed by atoms with Crippen LogP contribution in [-0.4, -0.2) is 21.4 Å². The highest BCUT2D eigenvalue weighted by atomic mass is 32.2. The van der Waals surface area contributed by atoms with E-state index in [-0.39, 0.29) is 10.8 Å². The van der Waals surface area contributed by atoms with Crippen molar-refractivity contribution in [2.45, 2.75) is 38.0 Å². The van der Waals surface area contributed by atoms with Crippen LogP contribution in [0.15, 0.2) is 53.4 Å². The lowest BCUT2D eigenvalue weighted by atomic mass is 10.1. The lowest BCUT2D eigenvalue weighted by Crippen LogP contribution is -2.22. The first-order valence-electron chi connectivity index (χ1n) is 8.29. The Morgan fingerprint density at radius 2 is 1.64 bits per heavy atom. The fraction of sp³-hybridized carbons (Fsp3) is 0.316. The molecule has 0 bridgehead atoms. The highest BCUT2D eigenvalue weighted by Gasteiger charge is 2.15. The van der Waals surface area contributed by atoms with Crippen molar-refractivity contribution in [3.63, 3.8) is 0 Å². The van der Waals surface area contributed by atoms with Gasteiger partial charge in [0.1, 0.15) is 0 Å². The number of aryl methyl sites for hydroxylation is 1. The first-order valence-corrected chi connectivity index (χ1v) is 9.78. The van der Waals surface area contributed by atoms with Crippen LogP contribution in [0.3, 0.4) is 0 Å². The molecule has 2 aromatic rings. The van der Waals surface area contributed by atoms with Gasteiger partial charge < -0.3 is 4.90 Å². The number of carbonyl (C=O) groups is 1. The molecule has 0 aliphatic heterocycles. The number of carbonyl (C=O) groups excluding carboxylic acids is 1. The van der Waals surface area contributed by atoms with E-state index in [2.05, 4.69) is 11.6 Å². The van der Waals surface area contributed by atoms with Gasteiger partial charge in [0.15, 0.2) is 0 Å². The van der Waals surface area contributed by atoms with Gasteiger partial charge in [-0.05, 0) is 54.8 Å². The first kappa shape index (κ1) is 19.0. The Morgan fingerprint density at radius 1 is 1.04 bits per heavy atom. The number of nitrogens with zero attached hydrogens (tertiary/aromatic N) is 1. The van der Waals surface area contributed by atoms with Crippen LogP contribution in [0, 0.1) is 0 Å². The van der Waals surface area contributed by atoms with Crippen LogP contribution in [0.2, 0.25) is 0 Å². The minimum absolute atomic E-state index is 0.114. The van der Waals surface area contributed by atoms with Crippen LogP contribution >= 0.6 is 0 Å². The molecule has 1 N–H and O–H groups in total. The molecule has 5 nitrogen and oxygen atoms in total. The molecular formula is C19H24N2O3S. The van der Waals surface area contributed by atoms with Gasteiger partial charge in [0, 0.05) is 25.3 Å². The predicted molar refractivity (Wildman–Crippen MR) is 101 cm³/mol. The predicted octanol–water partition coefficient (Wildman–Crippen LogP) is 3.81. The van der Waals surface area contributed by atoms with Gasteiger partial charge in [-0.25, -0.2) is 8.42 Å². The third-order valence-corrected chi connectivity index (χ3v) is 5.43. The molecule has 0 unspecified atom stereocenters. The molecule has 0 aromatic heterocycles. The number of benzene rings is 2. The molecule has 0 saturated heterocycles. The highest BCUT2D eigenvalue weighted by Crippen LogP contribution is 2.20. The van der Waals surface area contributed by atoms with Gasteiger partial charge in [0.25, 0.3) is 10.0 Å². The van der Waals surface area contributed by atoms with Gasteiger partial charge in [0.2, 0.25) is 5.91 Å². The summed E-state index contributed by atoms with van der Waals surface area (Å²) in [6.45, 7) is 3.60. The Kier molecular flexibility index (Phi) is 6.20. The Balaban J connectivity index is 2.12. The van der Waals surface area contributed by atoms with E-state index in [0.717, 1.165) is 19.3 Å². The molecule has 0 atom stereocenters. The summed E-state index contributed by atoms with van der Waals surface area (Å²) in [7, 11) is -2.02. The van der Waals surface area contributed by atoms with Crippen molar-refractivity contribution < 1.29 is 13.2 Å². The van der Waals surface area contributed by atoms with Gasteiger partial charge >= 0.3 is 0 Å². The molecule has 2 rings (SSSR count). The molecule has 6 heteroatoms. The number of amides is 1.